The average Bonchev–Trinajstić information content (AvgIpc) is 2.90. The van der Waals surface area contributed by atoms with Crippen LogP contribution >= 0.6 is 0 Å². The van der Waals surface area contributed by atoms with Gasteiger partial charge in [-0.05, 0) is 60.0 Å². The van der Waals surface area contributed by atoms with Crippen LogP contribution < -0.4 is 19.8 Å². The molecule has 0 radical (unpaired) electrons. The molecular weight excluding hydrogens is 456 g/mol. The fourth-order valence-corrected chi connectivity index (χ4v) is 3.84. The summed E-state index contributed by atoms with van der Waals surface area (Å²) in [4.78, 5) is 25.5. The number of carbonyl (C=O) groups excluding carboxylic acids is 1. The normalized spacial score (nSPS) is 11.3. The van der Waals surface area contributed by atoms with E-state index in [-0.39, 0.29) is 5.56 Å². The summed E-state index contributed by atoms with van der Waals surface area (Å²) in [6, 6.07) is 18.3. The lowest BCUT2D eigenvalue weighted by atomic mass is 10.0. The maximum Gasteiger partial charge on any atom is 0.347 e. The van der Waals surface area contributed by atoms with Gasteiger partial charge >= 0.3 is 5.63 Å². The molecule has 0 fully saturated rings. The smallest absolute Gasteiger partial charge is 0.347 e. The monoisotopic (exact) mass is 482 g/mol. The second kappa shape index (κ2) is 10.8. The quantitative estimate of drug-likeness (QED) is 0.129. The van der Waals surface area contributed by atoms with Crippen LogP contribution in [-0.2, 0) is 0 Å². The highest BCUT2D eigenvalue weighted by Crippen LogP contribution is 2.31. The minimum absolute atomic E-state index is 0.0350. The van der Waals surface area contributed by atoms with Gasteiger partial charge in [-0.15, -0.1) is 0 Å². The third-order valence-electron chi connectivity index (χ3n) is 5.80. The summed E-state index contributed by atoms with van der Waals surface area (Å²) in [5, 5.41) is 0.691. The van der Waals surface area contributed by atoms with Gasteiger partial charge in [-0.3, -0.25) is 4.79 Å². The summed E-state index contributed by atoms with van der Waals surface area (Å²) in [7, 11) is 4.74. The Hall–Kier alpha value is -4.58. The van der Waals surface area contributed by atoms with E-state index in [1.807, 2.05) is 61.5 Å². The minimum atomic E-state index is -0.673. The summed E-state index contributed by atoms with van der Waals surface area (Å²) in [5.74, 6) is 1.44. The van der Waals surface area contributed by atoms with Crippen LogP contribution in [0.3, 0.4) is 0 Å². The molecule has 0 saturated carbocycles. The molecule has 6 heteroatoms. The second-order valence-corrected chi connectivity index (χ2v) is 8.08. The summed E-state index contributed by atoms with van der Waals surface area (Å²) in [6.07, 6.45) is 6.83. The zero-order valence-electron chi connectivity index (χ0n) is 20.5. The maximum atomic E-state index is 13.0. The van der Waals surface area contributed by atoms with E-state index in [0.717, 1.165) is 22.4 Å². The first-order valence-electron chi connectivity index (χ1n) is 11.3. The van der Waals surface area contributed by atoms with Gasteiger partial charge in [-0.25, -0.2) is 4.79 Å². The van der Waals surface area contributed by atoms with Crippen molar-refractivity contribution in [2.45, 2.75) is 6.92 Å². The lowest BCUT2D eigenvalue weighted by Crippen LogP contribution is -2.12. The number of carbonyl (C=O) groups is 1. The number of allylic oxidation sites excluding steroid dienone is 1. The molecule has 0 atom stereocenters. The van der Waals surface area contributed by atoms with Crippen molar-refractivity contribution in [2.75, 3.05) is 21.3 Å². The molecule has 0 aliphatic rings. The first kappa shape index (κ1) is 24.5. The molecule has 6 nitrogen and oxygen atoms in total. The van der Waals surface area contributed by atoms with Crippen molar-refractivity contribution < 1.29 is 23.4 Å². The largest absolute Gasteiger partial charge is 0.497 e. The van der Waals surface area contributed by atoms with Crippen molar-refractivity contribution in [2.24, 2.45) is 0 Å². The molecule has 0 bridgehead atoms. The van der Waals surface area contributed by atoms with Crippen molar-refractivity contribution in [3.05, 3.63) is 105 Å². The van der Waals surface area contributed by atoms with Crippen molar-refractivity contribution in [1.29, 1.82) is 0 Å². The van der Waals surface area contributed by atoms with Gasteiger partial charge in [0, 0.05) is 17.0 Å². The molecule has 0 amide bonds. The highest BCUT2D eigenvalue weighted by Gasteiger charge is 2.14. The molecule has 182 valence electrons. The Morgan fingerprint density at radius 1 is 0.833 bits per heavy atom. The zero-order chi connectivity index (χ0) is 25.7. The molecule has 0 aliphatic carbocycles. The first-order valence-corrected chi connectivity index (χ1v) is 11.3. The predicted molar refractivity (Wildman–Crippen MR) is 142 cm³/mol. The zero-order valence-corrected chi connectivity index (χ0v) is 20.5. The van der Waals surface area contributed by atoms with Gasteiger partial charge < -0.3 is 18.6 Å². The summed E-state index contributed by atoms with van der Waals surface area (Å²) < 4.78 is 21.6. The molecule has 36 heavy (non-hydrogen) atoms. The highest BCUT2D eigenvalue weighted by atomic mass is 16.5. The third-order valence-corrected chi connectivity index (χ3v) is 5.80. The molecule has 0 saturated heterocycles. The molecule has 4 aromatic rings. The van der Waals surface area contributed by atoms with Gasteiger partial charge in [0.15, 0.2) is 5.78 Å². The number of fused-ring (bicyclic) bond motifs is 1. The van der Waals surface area contributed by atoms with Gasteiger partial charge in [0.25, 0.3) is 0 Å². The summed E-state index contributed by atoms with van der Waals surface area (Å²) >= 11 is 0. The van der Waals surface area contributed by atoms with E-state index < -0.39 is 11.4 Å². The minimum Gasteiger partial charge on any atom is -0.497 e. The van der Waals surface area contributed by atoms with E-state index in [1.54, 1.807) is 45.6 Å². The van der Waals surface area contributed by atoms with Gasteiger partial charge in [0.05, 0.1) is 21.3 Å². The topological polar surface area (TPSA) is 75.0 Å². The van der Waals surface area contributed by atoms with Gasteiger partial charge in [0.1, 0.15) is 28.4 Å². The number of hydrogen-bond acceptors (Lipinski definition) is 6. The number of benzene rings is 3. The van der Waals surface area contributed by atoms with Crippen LogP contribution in [0.25, 0.3) is 29.2 Å². The number of hydrogen-bond donors (Lipinski definition) is 0. The molecule has 0 spiro atoms. The summed E-state index contributed by atoms with van der Waals surface area (Å²) in [6.45, 7) is 1.85. The fraction of sp³-hybridized carbons (Fsp3) is 0.133. The number of aryl methyl sites for hydroxylation is 1. The fourth-order valence-electron chi connectivity index (χ4n) is 3.84. The summed E-state index contributed by atoms with van der Waals surface area (Å²) in [5.41, 5.74) is 3.00. The Morgan fingerprint density at radius 3 is 2.28 bits per heavy atom. The van der Waals surface area contributed by atoms with E-state index in [1.165, 1.54) is 6.08 Å². The van der Waals surface area contributed by atoms with Crippen LogP contribution in [0.1, 0.15) is 32.6 Å². The third kappa shape index (κ3) is 5.23. The van der Waals surface area contributed by atoms with Crippen molar-refractivity contribution in [1.82, 2.24) is 0 Å². The van der Waals surface area contributed by atoms with Crippen LogP contribution in [0.2, 0.25) is 0 Å². The van der Waals surface area contributed by atoms with Crippen molar-refractivity contribution in [3.63, 3.8) is 0 Å². The number of methoxy groups -OCH3 is 3. The first-order chi connectivity index (χ1) is 17.4. The molecule has 3 aromatic carbocycles. The molecule has 1 aromatic heterocycles. The van der Waals surface area contributed by atoms with Gasteiger partial charge in [-0.2, -0.15) is 0 Å². The number of rotatable bonds is 8. The standard InChI is InChI=1S/C30H26O6/c1-19-6-5-7-22-17-26(30(32)36-29(19)22)27(31)15-14-25-21(16-24(34-3)18-28(25)35-4)11-8-20-9-12-23(33-2)13-10-20/h5-18H,1-4H3/b11-8+,15-14+. The van der Waals surface area contributed by atoms with Crippen molar-refractivity contribution >= 4 is 35.0 Å². The van der Waals surface area contributed by atoms with E-state index in [9.17, 15) is 9.59 Å². The van der Waals surface area contributed by atoms with Crippen LogP contribution in [0.15, 0.2) is 76.0 Å². The SMILES string of the molecule is COc1ccc(/C=C/c2cc(OC)cc(OC)c2/C=C/C(=O)c2cc3cccc(C)c3oc2=O)cc1. The molecule has 0 N–H and O–H groups in total. The predicted octanol–water partition coefficient (Wildman–Crippen LogP) is 6.19. The number of para-hydroxylation sites is 1. The number of ketones is 1. The van der Waals surface area contributed by atoms with Gasteiger partial charge in [-0.1, -0.05) is 42.5 Å². The van der Waals surface area contributed by atoms with E-state index in [4.69, 9.17) is 18.6 Å². The molecule has 0 unspecified atom stereocenters. The van der Waals surface area contributed by atoms with Gasteiger partial charge in [0.2, 0.25) is 0 Å². The highest BCUT2D eigenvalue weighted by molar-refractivity contribution is 6.08. The van der Waals surface area contributed by atoms with E-state index in [0.29, 0.717) is 28.0 Å². The van der Waals surface area contributed by atoms with Crippen LogP contribution in [0.5, 0.6) is 17.2 Å². The Balaban J connectivity index is 1.72. The lowest BCUT2D eigenvalue weighted by Gasteiger charge is -2.11. The Bertz CT molecular complexity index is 1520. The second-order valence-electron chi connectivity index (χ2n) is 8.08. The van der Waals surface area contributed by atoms with Crippen LogP contribution in [0, 0.1) is 6.92 Å². The van der Waals surface area contributed by atoms with E-state index >= 15 is 0 Å². The molecule has 1 heterocycles. The Labute approximate surface area is 209 Å². The molecule has 0 aliphatic heterocycles. The molecule has 4 rings (SSSR count). The van der Waals surface area contributed by atoms with Crippen LogP contribution in [0.4, 0.5) is 0 Å². The van der Waals surface area contributed by atoms with Crippen LogP contribution in [-0.4, -0.2) is 27.1 Å². The maximum absolute atomic E-state index is 13.0. The lowest BCUT2D eigenvalue weighted by molar-refractivity contribution is 0.104. The number of ether oxygens (including phenoxy) is 3. The van der Waals surface area contributed by atoms with E-state index in [2.05, 4.69) is 0 Å². The Morgan fingerprint density at radius 2 is 1.58 bits per heavy atom. The Kier molecular flexibility index (Phi) is 7.35. The van der Waals surface area contributed by atoms with Crippen molar-refractivity contribution in [3.8, 4) is 17.2 Å². The average molecular weight is 483 g/mol. The molecular formula is C30H26O6.